The molecular weight excluding hydrogens is 330 g/mol. The van der Waals surface area contributed by atoms with Crippen molar-refractivity contribution in [2.45, 2.75) is 39.7 Å². The lowest BCUT2D eigenvalue weighted by Crippen LogP contribution is -2.49. The van der Waals surface area contributed by atoms with Gasteiger partial charge in [-0.1, -0.05) is 20.8 Å². The zero-order valence-corrected chi connectivity index (χ0v) is 14.7. The van der Waals surface area contributed by atoms with Gasteiger partial charge in [-0.15, -0.1) is 0 Å². The summed E-state index contributed by atoms with van der Waals surface area (Å²) < 4.78 is 0.901. The Hall–Kier alpha value is -0.810. The van der Waals surface area contributed by atoms with Crippen LogP contribution in [-0.2, 0) is 0 Å². The molecule has 1 amide bonds. The molecule has 0 radical (unpaired) electrons. The third-order valence-corrected chi connectivity index (χ3v) is 4.88. The van der Waals surface area contributed by atoms with Gasteiger partial charge in [0.1, 0.15) is 5.69 Å². The van der Waals surface area contributed by atoms with E-state index in [4.69, 9.17) is 0 Å². The van der Waals surface area contributed by atoms with E-state index in [1.54, 1.807) is 6.20 Å². The van der Waals surface area contributed by atoms with Crippen LogP contribution >= 0.6 is 15.9 Å². The maximum atomic E-state index is 12.1. The number of likely N-dealkylation sites (tertiary alicyclic amines) is 1. The van der Waals surface area contributed by atoms with Crippen LogP contribution < -0.4 is 5.32 Å². The van der Waals surface area contributed by atoms with Crippen molar-refractivity contribution in [2.24, 2.45) is 11.8 Å². The zero-order valence-electron chi connectivity index (χ0n) is 13.2. The molecule has 2 rings (SSSR count). The predicted octanol–water partition coefficient (Wildman–Crippen LogP) is 3.26. The van der Waals surface area contributed by atoms with E-state index in [1.165, 1.54) is 12.8 Å². The largest absolute Gasteiger partial charge is 0.356 e. The fraction of sp³-hybridized carbons (Fsp3) is 0.688. The minimum absolute atomic E-state index is 0.0308. The molecule has 1 fully saturated rings. The number of amides is 1. The maximum absolute atomic E-state index is 12.1. The summed E-state index contributed by atoms with van der Waals surface area (Å²) >= 11 is 3.35. The first-order valence-corrected chi connectivity index (χ1v) is 8.63. The van der Waals surface area contributed by atoms with Crippen molar-refractivity contribution in [1.29, 1.82) is 0 Å². The molecule has 0 aromatic carbocycles. The molecular formula is C16H26BrN3O. The highest BCUT2D eigenvalue weighted by atomic mass is 79.9. The van der Waals surface area contributed by atoms with E-state index in [-0.39, 0.29) is 5.91 Å². The Labute approximate surface area is 135 Å². The van der Waals surface area contributed by atoms with Gasteiger partial charge in [0.2, 0.25) is 0 Å². The fourth-order valence-electron chi connectivity index (χ4n) is 2.94. The van der Waals surface area contributed by atoms with Crippen LogP contribution in [0, 0.1) is 11.8 Å². The fourth-order valence-corrected chi connectivity index (χ4v) is 3.28. The second-order valence-corrected chi connectivity index (χ2v) is 7.39. The van der Waals surface area contributed by atoms with Crippen LogP contribution in [0.2, 0.25) is 0 Å². The van der Waals surface area contributed by atoms with Crippen LogP contribution in [0.15, 0.2) is 16.7 Å². The molecule has 0 spiro atoms. The summed E-state index contributed by atoms with van der Waals surface area (Å²) in [4.78, 5) is 17.6. The number of H-pyrrole nitrogens is 1. The molecule has 1 atom stereocenters. The average Bonchev–Trinajstić information content (AvgIpc) is 2.87. The highest BCUT2D eigenvalue weighted by molar-refractivity contribution is 9.10. The van der Waals surface area contributed by atoms with Crippen molar-refractivity contribution in [3.8, 4) is 0 Å². The summed E-state index contributed by atoms with van der Waals surface area (Å²) in [6.07, 6.45) is 4.31. The number of nitrogens with zero attached hydrogens (tertiary/aromatic N) is 1. The Kier molecular flexibility index (Phi) is 5.88. The monoisotopic (exact) mass is 355 g/mol. The summed E-state index contributed by atoms with van der Waals surface area (Å²) in [5.74, 6) is 1.34. The summed E-state index contributed by atoms with van der Waals surface area (Å²) in [5, 5.41) is 3.07. The van der Waals surface area contributed by atoms with Gasteiger partial charge in [-0.3, -0.25) is 9.69 Å². The van der Waals surface area contributed by atoms with E-state index in [1.807, 2.05) is 6.07 Å². The Morgan fingerprint density at radius 2 is 2.14 bits per heavy atom. The molecule has 118 valence electrons. The van der Waals surface area contributed by atoms with Gasteiger partial charge < -0.3 is 10.3 Å². The molecule has 5 heteroatoms. The van der Waals surface area contributed by atoms with Gasteiger partial charge in [0.05, 0.1) is 0 Å². The third-order valence-electron chi connectivity index (χ3n) is 4.42. The highest BCUT2D eigenvalue weighted by Crippen LogP contribution is 2.21. The van der Waals surface area contributed by atoms with Crippen molar-refractivity contribution >= 4 is 21.8 Å². The number of nitrogens with one attached hydrogen (secondary N) is 2. The van der Waals surface area contributed by atoms with Crippen LogP contribution in [0.25, 0.3) is 0 Å². The maximum Gasteiger partial charge on any atom is 0.267 e. The van der Waals surface area contributed by atoms with Crippen molar-refractivity contribution < 1.29 is 4.79 Å². The molecule has 1 aliphatic rings. The molecule has 1 unspecified atom stereocenters. The first-order chi connectivity index (χ1) is 9.97. The van der Waals surface area contributed by atoms with E-state index >= 15 is 0 Å². The Morgan fingerprint density at radius 1 is 1.48 bits per heavy atom. The molecule has 1 aromatic rings. The number of piperidine rings is 1. The van der Waals surface area contributed by atoms with Gasteiger partial charge in [-0.2, -0.15) is 0 Å². The number of aromatic nitrogens is 1. The van der Waals surface area contributed by atoms with Crippen molar-refractivity contribution in [1.82, 2.24) is 15.2 Å². The first-order valence-electron chi connectivity index (χ1n) is 7.83. The minimum Gasteiger partial charge on any atom is -0.356 e. The van der Waals surface area contributed by atoms with E-state index in [2.05, 4.69) is 51.9 Å². The van der Waals surface area contributed by atoms with Gasteiger partial charge in [0.15, 0.2) is 0 Å². The van der Waals surface area contributed by atoms with Crippen molar-refractivity contribution in [2.75, 3.05) is 19.6 Å². The molecule has 1 aliphatic heterocycles. The second-order valence-electron chi connectivity index (χ2n) is 6.47. The Morgan fingerprint density at radius 3 is 2.67 bits per heavy atom. The molecule has 21 heavy (non-hydrogen) atoms. The van der Waals surface area contributed by atoms with Crippen molar-refractivity contribution in [3.05, 3.63) is 22.4 Å². The van der Waals surface area contributed by atoms with Crippen LogP contribution in [0.1, 0.15) is 44.1 Å². The van der Waals surface area contributed by atoms with E-state index in [0.717, 1.165) is 23.5 Å². The molecule has 2 N–H and O–H groups in total. The SMILES string of the molecule is CC1CCN(C(CNC(=O)c2cc(Br)c[nH]2)C(C)C)CC1. The standard InChI is InChI=1S/C16H26BrN3O/c1-11(2)15(20-6-4-12(3)5-7-20)10-19-16(21)14-8-13(17)9-18-14/h8-9,11-12,15,18H,4-7,10H2,1-3H3,(H,19,21). The predicted molar refractivity (Wildman–Crippen MR) is 89.4 cm³/mol. The zero-order chi connectivity index (χ0) is 15.4. The smallest absolute Gasteiger partial charge is 0.267 e. The second kappa shape index (κ2) is 7.45. The molecule has 0 saturated carbocycles. The lowest BCUT2D eigenvalue weighted by atomic mass is 9.94. The van der Waals surface area contributed by atoms with Gasteiger partial charge in [0.25, 0.3) is 5.91 Å². The molecule has 0 aliphatic carbocycles. The molecule has 2 heterocycles. The lowest BCUT2D eigenvalue weighted by molar-refractivity contribution is 0.0859. The summed E-state index contributed by atoms with van der Waals surface area (Å²) in [6.45, 7) is 9.80. The van der Waals surface area contributed by atoms with Crippen molar-refractivity contribution in [3.63, 3.8) is 0 Å². The molecule has 0 bridgehead atoms. The van der Waals surface area contributed by atoms with E-state index in [9.17, 15) is 4.79 Å². The normalized spacial score (nSPS) is 18.9. The number of carbonyl (C=O) groups is 1. The number of carbonyl (C=O) groups excluding carboxylic acids is 1. The number of hydrogen-bond donors (Lipinski definition) is 2. The average molecular weight is 356 g/mol. The number of aromatic amines is 1. The molecule has 1 aromatic heterocycles. The number of rotatable bonds is 5. The summed E-state index contributed by atoms with van der Waals surface area (Å²) in [5.41, 5.74) is 0.608. The quantitative estimate of drug-likeness (QED) is 0.851. The summed E-state index contributed by atoms with van der Waals surface area (Å²) in [7, 11) is 0. The van der Waals surface area contributed by atoms with Crippen LogP contribution in [0.4, 0.5) is 0 Å². The first kappa shape index (κ1) is 16.6. The number of halogens is 1. The molecule has 4 nitrogen and oxygen atoms in total. The Balaban J connectivity index is 1.89. The lowest BCUT2D eigenvalue weighted by Gasteiger charge is -2.38. The van der Waals surface area contributed by atoms with Crippen LogP contribution in [-0.4, -0.2) is 41.5 Å². The van der Waals surface area contributed by atoms with Gasteiger partial charge >= 0.3 is 0 Å². The minimum atomic E-state index is -0.0308. The van der Waals surface area contributed by atoms with Gasteiger partial charge in [0, 0.05) is 23.3 Å². The highest BCUT2D eigenvalue weighted by Gasteiger charge is 2.26. The van der Waals surface area contributed by atoms with Gasteiger partial charge in [-0.05, 0) is 59.8 Å². The van der Waals surface area contributed by atoms with Crippen LogP contribution in [0.3, 0.4) is 0 Å². The third kappa shape index (κ3) is 4.58. The van der Waals surface area contributed by atoms with E-state index < -0.39 is 0 Å². The Bertz CT molecular complexity index is 464. The van der Waals surface area contributed by atoms with Gasteiger partial charge in [-0.25, -0.2) is 0 Å². The van der Waals surface area contributed by atoms with E-state index in [0.29, 0.717) is 24.2 Å². The van der Waals surface area contributed by atoms with Crippen LogP contribution in [0.5, 0.6) is 0 Å². The summed E-state index contributed by atoms with van der Waals surface area (Å²) in [6, 6.07) is 2.22. The number of hydrogen-bond acceptors (Lipinski definition) is 2. The molecule has 1 saturated heterocycles. The topological polar surface area (TPSA) is 48.1 Å².